The number of amides is 1. The van der Waals surface area contributed by atoms with E-state index < -0.39 is 46.3 Å². The Labute approximate surface area is 210 Å². The highest BCUT2D eigenvalue weighted by Crippen LogP contribution is 2.39. The fourth-order valence-electron chi connectivity index (χ4n) is 4.31. The maximum absolute atomic E-state index is 13.5. The summed E-state index contributed by atoms with van der Waals surface area (Å²) in [6.45, 7) is 2.67. The van der Waals surface area contributed by atoms with Crippen LogP contribution >= 0.6 is 0 Å². The summed E-state index contributed by atoms with van der Waals surface area (Å²) >= 11 is 0. The Morgan fingerprint density at radius 3 is 2.03 bits per heavy atom. The van der Waals surface area contributed by atoms with E-state index in [9.17, 15) is 35.9 Å². The van der Waals surface area contributed by atoms with Gasteiger partial charge in [0.2, 0.25) is 0 Å². The summed E-state index contributed by atoms with van der Waals surface area (Å²) in [5, 5.41) is 0. The number of halogens is 6. The van der Waals surface area contributed by atoms with Crippen molar-refractivity contribution in [2.75, 3.05) is 19.7 Å². The molecular weight excluding hydrogens is 500 g/mol. The summed E-state index contributed by atoms with van der Waals surface area (Å²) in [5.74, 6) is -0.469. The Morgan fingerprint density at radius 1 is 0.946 bits per heavy atom. The minimum absolute atomic E-state index is 0.0416. The molecule has 0 N–H and O–H groups in total. The van der Waals surface area contributed by atoms with Gasteiger partial charge < -0.3 is 9.64 Å². The summed E-state index contributed by atoms with van der Waals surface area (Å²) in [5.41, 5.74) is -3.74. The molecule has 0 atom stereocenters. The van der Waals surface area contributed by atoms with Gasteiger partial charge in [0.15, 0.2) is 5.78 Å². The van der Waals surface area contributed by atoms with Gasteiger partial charge in [0.1, 0.15) is 0 Å². The Morgan fingerprint density at radius 2 is 1.51 bits per heavy atom. The minimum Gasteiger partial charge on any atom is -0.449 e. The number of benzene rings is 2. The van der Waals surface area contributed by atoms with Crippen LogP contribution in [0, 0.1) is 0 Å². The van der Waals surface area contributed by atoms with Crippen molar-refractivity contribution >= 4 is 18.0 Å². The second-order valence-corrected chi connectivity index (χ2v) is 8.94. The van der Waals surface area contributed by atoms with Crippen LogP contribution in [0.4, 0.5) is 31.1 Å². The minimum atomic E-state index is -4.99. The third kappa shape index (κ3) is 6.93. The van der Waals surface area contributed by atoms with Crippen molar-refractivity contribution in [3.8, 4) is 0 Å². The molecule has 2 aromatic rings. The Bertz CT molecular complexity index is 1080. The lowest BCUT2D eigenvalue weighted by atomic mass is 9.69. The molecule has 1 amide bonds. The van der Waals surface area contributed by atoms with E-state index in [4.69, 9.17) is 4.74 Å². The molecule has 0 unspecified atom stereocenters. The number of carbonyl (C=O) groups excluding carboxylic acids is 2. The smallest absolute Gasteiger partial charge is 0.416 e. The van der Waals surface area contributed by atoms with Crippen molar-refractivity contribution in [3.63, 3.8) is 0 Å². The van der Waals surface area contributed by atoms with Gasteiger partial charge in [-0.15, -0.1) is 0 Å². The van der Waals surface area contributed by atoms with Crippen LogP contribution in [0.1, 0.15) is 54.9 Å². The standard InChI is InChI=1S/C27H27F6NO3/c1-2-3-15-37-24(36)34-13-11-25(12-14-34,20-7-5-4-6-8-20)23(35)10-9-19-16-21(26(28,29)30)18-22(17-19)27(31,32)33/h4-10,16-18H,2-3,11-15H2,1H3. The zero-order valence-corrected chi connectivity index (χ0v) is 20.2. The predicted molar refractivity (Wildman–Crippen MR) is 126 cm³/mol. The molecule has 0 spiro atoms. The number of allylic oxidation sites excluding steroid dienone is 1. The lowest BCUT2D eigenvalue weighted by Crippen LogP contribution is -2.48. The summed E-state index contributed by atoms with van der Waals surface area (Å²) in [6.07, 6.45) is -6.43. The number of rotatable bonds is 7. The quantitative estimate of drug-likeness (QED) is 0.216. The molecule has 10 heteroatoms. The van der Waals surface area contributed by atoms with E-state index in [2.05, 4.69) is 0 Å². The van der Waals surface area contributed by atoms with Gasteiger partial charge >= 0.3 is 18.4 Å². The molecule has 3 rings (SSSR count). The molecule has 1 aliphatic rings. The molecule has 2 aromatic carbocycles. The fraction of sp³-hybridized carbons (Fsp3) is 0.407. The number of carbonyl (C=O) groups is 2. The van der Waals surface area contributed by atoms with E-state index >= 15 is 0 Å². The highest BCUT2D eigenvalue weighted by Gasteiger charge is 2.43. The monoisotopic (exact) mass is 527 g/mol. The maximum Gasteiger partial charge on any atom is 0.416 e. The number of unbranched alkanes of at least 4 members (excludes halogenated alkanes) is 1. The van der Waals surface area contributed by atoms with Crippen molar-refractivity contribution in [1.29, 1.82) is 0 Å². The van der Waals surface area contributed by atoms with Crippen LogP contribution in [0.15, 0.2) is 54.6 Å². The molecule has 1 aliphatic heterocycles. The molecule has 0 radical (unpaired) electrons. The number of ketones is 1. The second kappa shape index (κ2) is 11.4. The summed E-state index contributed by atoms with van der Waals surface area (Å²) in [7, 11) is 0. The van der Waals surface area contributed by atoms with E-state index in [0.717, 1.165) is 25.0 Å². The number of hydrogen-bond acceptors (Lipinski definition) is 3. The van der Waals surface area contributed by atoms with Crippen molar-refractivity contribution in [2.45, 2.75) is 50.4 Å². The number of alkyl halides is 6. The van der Waals surface area contributed by atoms with E-state index in [-0.39, 0.29) is 38.6 Å². The number of hydrogen-bond donors (Lipinski definition) is 0. The van der Waals surface area contributed by atoms with Crippen molar-refractivity contribution < 1.29 is 40.7 Å². The Kier molecular flexibility index (Phi) is 8.71. The molecule has 200 valence electrons. The molecular formula is C27H27F6NO3. The average Bonchev–Trinajstić information content (AvgIpc) is 2.86. The third-order valence-corrected chi connectivity index (χ3v) is 6.43. The number of piperidine rings is 1. The van der Waals surface area contributed by atoms with Crippen LogP contribution in [0.5, 0.6) is 0 Å². The first-order chi connectivity index (χ1) is 17.4. The van der Waals surface area contributed by atoms with E-state index in [1.54, 1.807) is 30.3 Å². The zero-order chi connectivity index (χ0) is 27.3. The molecule has 1 saturated heterocycles. The van der Waals surface area contributed by atoms with Gasteiger partial charge in [-0.1, -0.05) is 49.8 Å². The van der Waals surface area contributed by atoms with Gasteiger partial charge in [-0.05, 0) is 54.7 Å². The molecule has 0 aromatic heterocycles. The molecule has 1 heterocycles. The van der Waals surface area contributed by atoms with Crippen LogP contribution in [-0.4, -0.2) is 36.5 Å². The first-order valence-corrected chi connectivity index (χ1v) is 11.9. The van der Waals surface area contributed by atoms with Gasteiger partial charge in [0.25, 0.3) is 0 Å². The predicted octanol–water partition coefficient (Wildman–Crippen LogP) is 7.28. The van der Waals surface area contributed by atoms with Crippen LogP contribution < -0.4 is 0 Å². The van der Waals surface area contributed by atoms with Crippen molar-refractivity contribution in [2.24, 2.45) is 0 Å². The topological polar surface area (TPSA) is 46.6 Å². The number of likely N-dealkylation sites (tertiary alicyclic amines) is 1. The molecule has 0 bridgehead atoms. The van der Waals surface area contributed by atoms with Crippen LogP contribution in [0.25, 0.3) is 6.08 Å². The summed E-state index contributed by atoms with van der Waals surface area (Å²) in [6, 6.07) is 9.91. The molecule has 37 heavy (non-hydrogen) atoms. The maximum atomic E-state index is 13.5. The van der Waals surface area contributed by atoms with E-state index in [1.165, 1.54) is 4.90 Å². The molecule has 0 aliphatic carbocycles. The van der Waals surface area contributed by atoms with E-state index in [0.29, 0.717) is 17.7 Å². The molecule has 1 fully saturated rings. The summed E-state index contributed by atoms with van der Waals surface area (Å²) < 4.78 is 84.5. The van der Waals surface area contributed by atoms with Crippen LogP contribution in [0.2, 0.25) is 0 Å². The third-order valence-electron chi connectivity index (χ3n) is 6.43. The SMILES string of the molecule is CCCCOC(=O)N1CCC(C(=O)C=Cc2cc(C(F)(F)F)cc(C(F)(F)F)c2)(c2ccccc2)CC1. The van der Waals surface area contributed by atoms with Crippen LogP contribution in [-0.2, 0) is 27.3 Å². The van der Waals surface area contributed by atoms with E-state index in [1.807, 2.05) is 6.92 Å². The summed E-state index contributed by atoms with van der Waals surface area (Å²) in [4.78, 5) is 27.3. The molecule has 0 saturated carbocycles. The second-order valence-electron chi connectivity index (χ2n) is 8.94. The van der Waals surface area contributed by atoms with Gasteiger partial charge in [0, 0.05) is 13.1 Å². The number of nitrogens with zero attached hydrogens (tertiary/aromatic N) is 1. The first-order valence-electron chi connectivity index (χ1n) is 11.9. The zero-order valence-electron chi connectivity index (χ0n) is 20.2. The Hall–Kier alpha value is -3.30. The van der Waals surface area contributed by atoms with Gasteiger partial charge in [0.05, 0.1) is 23.1 Å². The highest BCUT2D eigenvalue weighted by atomic mass is 19.4. The van der Waals surface area contributed by atoms with Gasteiger partial charge in [-0.3, -0.25) is 4.79 Å². The van der Waals surface area contributed by atoms with Crippen LogP contribution in [0.3, 0.4) is 0 Å². The highest BCUT2D eigenvalue weighted by molar-refractivity contribution is 6.02. The first kappa shape index (κ1) is 28.3. The van der Waals surface area contributed by atoms with Crippen molar-refractivity contribution in [3.05, 3.63) is 76.9 Å². The largest absolute Gasteiger partial charge is 0.449 e. The Balaban J connectivity index is 1.89. The van der Waals surface area contributed by atoms with Crippen molar-refractivity contribution in [1.82, 2.24) is 4.90 Å². The van der Waals surface area contributed by atoms with Gasteiger partial charge in [-0.25, -0.2) is 4.79 Å². The van der Waals surface area contributed by atoms with Gasteiger partial charge in [-0.2, -0.15) is 26.3 Å². The average molecular weight is 528 g/mol. The fourth-order valence-corrected chi connectivity index (χ4v) is 4.31. The number of ether oxygens (including phenoxy) is 1. The lowest BCUT2D eigenvalue weighted by Gasteiger charge is -2.40. The lowest BCUT2D eigenvalue weighted by molar-refractivity contribution is -0.143. The molecule has 4 nitrogen and oxygen atoms in total. The normalized spacial score (nSPS) is 16.1.